The first-order valence-electron chi connectivity index (χ1n) is 5.10. The number of carbonyl (C=O) groups is 1. The Hall–Kier alpha value is -2.09. The van der Waals surface area contributed by atoms with Crippen LogP contribution in [0.4, 0.5) is 0 Å². The number of hydrogen-bond donors (Lipinski definition) is 0. The zero-order valence-corrected chi connectivity index (χ0v) is 8.67. The average Bonchev–Trinajstić information content (AvgIpc) is 2.31. The van der Waals surface area contributed by atoms with Crippen LogP contribution < -0.4 is 0 Å². The van der Waals surface area contributed by atoms with Crippen molar-refractivity contribution in [3.8, 4) is 0 Å². The van der Waals surface area contributed by atoms with Gasteiger partial charge in [0.25, 0.3) is 0 Å². The summed E-state index contributed by atoms with van der Waals surface area (Å²) in [6, 6.07) is 18.2. The van der Waals surface area contributed by atoms with Crippen LogP contribution >= 0.6 is 0 Å². The normalized spacial score (nSPS) is 10.3. The first-order chi connectivity index (χ1) is 7.79. The van der Waals surface area contributed by atoms with Crippen molar-refractivity contribution >= 4 is 5.97 Å². The summed E-state index contributed by atoms with van der Waals surface area (Å²) in [5, 5.41) is 11.2. The Morgan fingerprint density at radius 1 is 0.750 bits per heavy atom. The largest absolute Gasteiger partial charge is 0.367 e. The minimum atomic E-state index is -1.07. The zero-order chi connectivity index (χ0) is 11.4. The van der Waals surface area contributed by atoms with Gasteiger partial charge in [-0.05, 0) is 11.1 Å². The minimum Gasteiger partial charge on any atom is -0.246 e. The van der Waals surface area contributed by atoms with Crippen LogP contribution in [0.1, 0.15) is 17.0 Å². The minimum absolute atomic E-state index is 0.692. The van der Waals surface area contributed by atoms with Crippen LogP contribution in [-0.2, 0) is 9.90 Å². The maximum absolute atomic E-state index is 11.2. The lowest BCUT2D eigenvalue weighted by Gasteiger charge is -2.11. The third-order valence-corrected chi connectivity index (χ3v) is 2.50. The monoisotopic (exact) mass is 211 g/mol. The van der Waals surface area contributed by atoms with Gasteiger partial charge in [-0.1, -0.05) is 60.7 Å². The lowest BCUT2D eigenvalue weighted by atomic mass is 9.92. The van der Waals surface area contributed by atoms with Crippen LogP contribution in [0.15, 0.2) is 60.7 Å². The Bertz CT molecular complexity index is 423. The van der Waals surface area contributed by atoms with E-state index in [0.29, 0.717) is 0 Å². The molecule has 0 aliphatic carbocycles. The van der Waals surface area contributed by atoms with Crippen molar-refractivity contribution in [2.24, 2.45) is 0 Å². The molecule has 0 spiro atoms. The topological polar surface area (TPSA) is 37.0 Å². The molecule has 2 nitrogen and oxygen atoms in total. The summed E-state index contributed by atoms with van der Waals surface area (Å²) < 4.78 is 0. The Balaban J connectivity index is 2.44. The molecule has 2 rings (SSSR count). The van der Waals surface area contributed by atoms with Crippen LogP contribution in [0.25, 0.3) is 0 Å². The summed E-state index contributed by atoms with van der Waals surface area (Å²) >= 11 is 0. The van der Waals surface area contributed by atoms with Crippen molar-refractivity contribution in [1.82, 2.24) is 0 Å². The average molecular weight is 211 g/mol. The number of hydrogen-bond acceptors (Lipinski definition) is 1. The molecule has 0 saturated carbocycles. The van der Waals surface area contributed by atoms with E-state index in [9.17, 15) is 9.90 Å². The third-order valence-electron chi connectivity index (χ3n) is 2.50. The fraction of sp³-hybridized carbons (Fsp3) is 0.0714. The quantitative estimate of drug-likeness (QED) is 0.769. The molecule has 0 heterocycles. The molecule has 0 unspecified atom stereocenters. The predicted molar refractivity (Wildman–Crippen MR) is 60.4 cm³/mol. The third kappa shape index (κ3) is 2.11. The Labute approximate surface area is 94.2 Å². The van der Waals surface area contributed by atoms with Crippen LogP contribution in [0.3, 0.4) is 0 Å². The van der Waals surface area contributed by atoms with E-state index in [1.54, 1.807) is 24.3 Å². The van der Waals surface area contributed by atoms with Gasteiger partial charge in [-0.3, -0.25) is 0 Å². The molecule has 16 heavy (non-hydrogen) atoms. The van der Waals surface area contributed by atoms with E-state index >= 15 is 0 Å². The van der Waals surface area contributed by atoms with Crippen LogP contribution in [0.5, 0.6) is 0 Å². The molecule has 0 fully saturated rings. The molecule has 2 heteroatoms. The molecule has 1 radical (unpaired) electrons. The fourth-order valence-electron chi connectivity index (χ4n) is 1.76. The van der Waals surface area contributed by atoms with Gasteiger partial charge in [0, 0.05) is 0 Å². The lowest BCUT2D eigenvalue weighted by molar-refractivity contribution is -0.143. The fourth-order valence-corrected chi connectivity index (χ4v) is 1.76. The van der Waals surface area contributed by atoms with Crippen molar-refractivity contribution in [2.45, 2.75) is 5.92 Å². The first kappa shape index (κ1) is 10.4. The molecular weight excluding hydrogens is 200 g/mol. The summed E-state index contributed by atoms with van der Waals surface area (Å²) in [5.41, 5.74) is 1.49. The van der Waals surface area contributed by atoms with Crippen molar-refractivity contribution in [2.75, 3.05) is 0 Å². The smallest absolute Gasteiger partial charge is 0.246 e. The molecule has 79 valence electrons. The van der Waals surface area contributed by atoms with E-state index in [0.717, 1.165) is 11.1 Å². The molecule has 0 aliphatic heterocycles. The standard InChI is InChI=1S/C14H11O2/c15-14(16)13(11-7-3-1-4-8-11)12-9-5-2-6-10-12/h1-10,13H. The van der Waals surface area contributed by atoms with E-state index in [1.165, 1.54) is 0 Å². The second kappa shape index (κ2) is 4.62. The first-order valence-corrected chi connectivity index (χ1v) is 5.10. The Kier molecular flexibility index (Phi) is 3.01. The van der Waals surface area contributed by atoms with Crippen molar-refractivity contribution in [1.29, 1.82) is 0 Å². The maximum atomic E-state index is 11.2. The van der Waals surface area contributed by atoms with Gasteiger partial charge in [-0.15, -0.1) is 0 Å². The van der Waals surface area contributed by atoms with Crippen LogP contribution in [-0.4, -0.2) is 5.97 Å². The van der Waals surface area contributed by atoms with Gasteiger partial charge in [0.05, 0.1) is 0 Å². The Morgan fingerprint density at radius 2 is 1.12 bits per heavy atom. The van der Waals surface area contributed by atoms with E-state index in [4.69, 9.17) is 0 Å². The molecule has 0 aliphatic rings. The van der Waals surface area contributed by atoms with Gasteiger partial charge in [0.1, 0.15) is 5.92 Å². The van der Waals surface area contributed by atoms with Crippen molar-refractivity contribution in [3.05, 3.63) is 71.8 Å². The molecule has 0 N–H and O–H groups in total. The molecular formula is C14H11O2. The number of rotatable bonds is 3. The molecule has 0 amide bonds. The predicted octanol–water partition coefficient (Wildman–Crippen LogP) is 2.78. The van der Waals surface area contributed by atoms with E-state index < -0.39 is 11.9 Å². The summed E-state index contributed by atoms with van der Waals surface area (Å²) in [5.74, 6) is -1.76. The van der Waals surface area contributed by atoms with Crippen LogP contribution in [0.2, 0.25) is 0 Å². The summed E-state index contributed by atoms with van der Waals surface area (Å²) in [6.45, 7) is 0. The molecule has 0 atom stereocenters. The molecule has 2 aromatic rings. The van der Waals surface area contributed by atoms with Crippen molar-refractivity contribution < 1.29 is 9.90 Å². The SMILES string of the molecule is [O]C(=O)C(c1ccccc1)c1ccccc1. The molecule has 2 aromatic carbocycles. The maximum Gasteiger partial charge on any atom is 0.367 e. The molecule has 0 aromatic heterocycles. The van der Waals surface area contributed by atoms with E-state index in [-0.39, 0.29) is 0 Å². The zero-order valence-electron chi connectivity index (χ0n) is 8.67. The van der Waals surface area contributed by atoms with E-state index in [2.05, 4.69) is 0 Å². The van der Waals surface area contributed by atoms with Gasteiger partial charge in [-0.2, -0.15) is 0 Å². The van der Waals surface area contributed by atoms with Gasteiger partial charge in [0.15, 0.2) is 0 Å². The second-order valence-corrected chi connectivity index (χ2v) is 3.57. The number of carbonyl (C=O) groups excluding carboxylic acids is 1. The summed E-state index contributed by atoms with van der Waals surface area (Å²) in [6.07, 6.45) is 0. The van der Waals surface area contributed by atoms with Gasteiger partial charge in [-0.25, -0.2) is 9.90 Å². The highest BCUT2D eigenvalue weighted by Crippen LogP contribution is 2.24. The van der Waals surface area contributed by atoms with Gasteiger partial charge in [0.2, 0.25) is 0 Å². The lowest BCUT2D eigenvalue weighted by Crippen LogP contribution is -2.11. The molecule has 0 saturated heterocycles. The molecule has 0 bridgehead atoms. The highest BCUT2D eigenvalue weighted by molar-refractivity contribution is 5.79. The van der Waals surface area contributed by atoms with Gasteiger partial charge >= 0.3 is 5.97 Å². The van der Waals surface area contributed by atoms with Crippen LogP contribution in [0, 0.1) is 0 Å². The van der Waals surface area contributed by atoms with Gasteiger partial charge < -0.3 is 0 Å². The summed E-state index contributed by atoms with van der Waals surface area (Å²) in [7, 11) is 0. The second-order valence-electron chi connectivity index (χ2n) is 3.57. The van der Waals surface area contributed by atoms with E-state index in [1.807, 2.05) is 36.4 Å². The highest BCUT2D eigenvalue weighted by atomic mass is 16.4. The highest BCUT2D eigenvalue weighted by Gasteiger charge is 2.22. The number of benzene rings is 2. The Morgan fingerprint density at radius 3 is 1.44 bits per heavy atom. The summed E-state index contributed by atoms with van der Waals surface area (Å²) in [4.78, 5) is 11.2. The van der Waals surface area contributed by atoms with Crippen molar-refractivity contribution in [3.63, 3.8) is 0 Å².